The minimum absolute atomic E-state index is 0.168. The Bertz CT molecular complexity index is 792. The fraction of sp³-hybridized carbons (Fsp3) is 0.125. The molecule has 0 aromatic heterocycles. The third-order valence-corrected chi connectivity index (χ3v) is 4.26. The van der Waals surface area contributed by atoms with Crippen LogP contribution in [0.25, 0.3) is 0 Å². The lowest BCUT2D eigenvalue weighted by Gasteiger charge is -2.07. The van der Waals surface area contributed by atoms with E-state index in [9.17, 15) is 13.2 Å². The molecule has 0 aliphatic rings. The molecule has 0 saturated carbocycles. The molecule has 0 atom stereocenters. The van der Waals surface area contributed by atoms with Gasteiger partial charge in [-0.2, -0.15) is 5.26 Å². The smallest absolute Gasteiger partial charge is 0.264 e. The van der Waals surface area contributed by atoms with Crippen LogP contribution in [-0.4, -0.2) is 20.1 Å². The SMILES string of the molecule is N#Cc1ccc(C(=O)NS(=O)(=O)CCc2ccccc2)cc1. The second kappa shape index (κ2) is 6.87. The maximum Gasteiger partial charge on any atom is 0.264 e. The van der Waals surface area contributed by atoms with Gasteiger partial charge in [-0.1, -0.05) is 30.3 Å². The Morgan fingerprint density at radius 2 is 1.68 bits per heavy atom. The quantitative estimate of drug-likeness (QED) is 0.912. The zero-order valence-electron chi connectivity index (χ0n) is 11.7. The second-order valence-electron chi connectivity index (χ2n) is 4.67. The van der Waals surface area contributed by atoms with E-state index in [2.05, 4.69) is 0 Å². The van der Waals surface area contributed by atoms with E-state index in [0.717, 1.165) is 5.56 Å². The number of rotatable bonds is 5. The highest BCUT2D eigenvalue weighted by Crippen LogP contribution is 2.05. The van der Waals surface area contributed by atoms with E-state index >= 15 is 0 Å². The van der Waals surface area contributed by atoms with Crippen molar-refractivity contribution in [1.29, 1.82) is 5.26 Å². The van der Waals surface area contributed by atoms with Gasteiger partial charge in [-0.15, -0.1) is 0 Å². The first-order valence-corrected chi connectivity index (χ1v) is 8.24. The van der Waals surface area contributed by atoms with Crippen molar-refractivity contribution in [1.82, 2.24) is 4.72 Å². The normalized spacial score (nSPS) is 10.7. The van der Waals surface area contributed by atoms with Crippen LogP contribution in [0.4, 0.5) is 0 Å². The van der Waals surface area contributed by atoms with E-state index in [1.165, 1.54) is 24.3 Å². The fourth-order valence-corrected chi connectivity index (χ4v) is 2.85. The van der Waals surface area contributed by atoms with Crippen molar-refractivity contribution in [3.05, 3.63) is 71.3 Å². The van der Waals surface area contributed by atoms with Crippen molar-refractivity contribution in [2.75, 3.05) is 5.75 Å². The molecule has 0 heterocycles. The first kappa shape index (κ1) is 15.7. The molecule has 6 heteroatoms. The number of benzene rings is 2. The van der Waals surface area contributed by atoms with Crippen molar-refractivity contribution in [2.24, 2.45) is 0 Å². The average molecular weight is 314 g/mol. The van der Waals surface area contributed by atoms with Gasteiger partial charge in [-0.25, -0.2) is 13.1 Å². The van der Waals surface area contributed by atoms with Gasteiger partial charge in [0.1, 0.15) is 0 Å². The number of carbonyl (C=O) groups excluding carboxylic acids is 1. The fourth-order valence-electron chi connectivity index (χ4n) is 1.84. The number of aryl methyl sites for hydroxylation is 1. The molecular weight excluding hydrogens is 300 g/mol. The number of hydrogen-bond acceptors (Lipinski definition) is 4. The summed E-state index contributed by atoms with van der Waals surface area (Å²) in [7, 11) is -3.71. The monoisotopic (exact) mass is 314 g/mol. The molecular formula is C16H14N2O3S. The minimum Gasteiger partial charge on any atom is -0.268 e. The van der Waals surface area contributed by atoms with Crippen LogP contribution in [0.3, 0.4) is 0 Å². The summed E-state index contributed by atoms with van der Waals surface area (Å²) < 4.78 is 25.9. The highest BCUT2D eigenvalue weighted by Gasteiger charge is 2.16. The van der Waals surface area contributed by atoms with E-state index in [-0.39, 0.29) is 11.3 Å². The first-order valence-electron chi connectivity index (χ1n) is 6.59. The molecule has 5 nitrogen and oxygen atoms in total. The second-order valence-corrected chi connectivity index (χ2v) is 6.52. The van der Waals surface area contributed by atoms with Crippen LogP contribution in [-0.2, 0) is 16.4 Å². The standard InChI is InChI=1S/C16H14N2O3S/c17-12-14-6-8-15(9-7-14)16(19)18-22(20,21)11-10-13-4-2-1-3-5-13/h1-9H,10-11H2,(H,18,19). The number of nitrogens with one attached hydrogen (secondary N) is 1. The van der Waals surface area contributed by atoms with E-state index in [4.69, 9.17) is 5.26 Å². The third kappa shape index (κ3) is 4.43. The molecule has 1 amide bonds. The Balaban J connectivity index is 1.98. The molecule has 22 heavy (non-hydrogen) atoms. The molecule has 2 aromatic carbocycles. The van der Waals surface area contributed by atoms with E-state index in [0.29, 0.717) is 12.0 Å². The Hall–Kier alpha value is -2.65. The molecule has 0 spiro atoms. The average Bonchev–Trinajstić information content (AvgIpc) is 2.54. The zero-order valence-corrected chi connectivity index (χ0v) is 12.5. The lowest BCUT2D eigenvalue weighted by Crippen LogP contribution is -2.33. The summed E-state index contributed by atoms with van der Waals surface area (Å²) in [5, 5.41) is 8.69. The van der Waals surface area contributed by atoms with Crippen molar-refractivity contribution >= 4 is 15.9 Å². The maximum atomic E-state index is 11.9. The molecule has 0 aliphatic heterocycles. The molecule has 1 N–H and O–H groups in total. The van der Waals surface area contributed by atoms with Gasteiger partial charge < -0.3 is 0 Å². The van der Waals surface area contributed by atoms with Gasteiger partial charge in [0.25, 0.3) is 5.91 Å². The predicted octanol–water partition coefficient (Wildman–Crippen LogP) is 1.86. The lowest BCUT2D eigenvalue weighted by molar-refractivity contribution is 0.0981. The van der Waals surface area contributed by atoms with Crippen molar-refractivity contribution < 1.29 is 13.2 Å². The molecule has 0 aliphatic carbocycles. The summed E-state index contributed by atoms with van der Waals surface area (Å²) in [4.78, 5) is 11.9. The molecule has 2 rings (SSSR count). The van der Waals surface area contributed by atoms with Crippen molar-refractivity contribution in [3.63, 3.8) is 0 Å². The van der Waals surface area contributed by atoms with Crippen LogP contribution in [0.5, 0.6) is 0 Å². The summed E-state index contributed by atoms with van der Waals surface area (Å²) in [5.74, 6) is -0.864. The van der Waals surface area contributed by atoms with E-state index in [1.807, 2.05) is 41.1 Å². The molecule has 0 fully saturated rings. The number of nitriles is 1. The highest BCUT2D eigenvalue weighted by molar-refractivity contribution is 7.90. The van der Waals surface area contributed by atoms with Gasteiger partial charge in [0, 0.05) is 5.56 Å². The largest absolute Gasteiger partial charge is 0.268 e. The Morgan fingerprint density at radius 1 is 1.05 bits per heavy atom. The number of carbonyl (C=O) groups is 1. The zero-order chi connectivity index (χ0) is 16.0. The highest BCUT2D eigenvalue weighted by atomic mass is 32.2. The van der Waals surface area contributed by atoms with Crippen LogP contribution >= 0.6 is 0 Å². The molecule has 112 valence electrons. The molecule has 0 radical (unpaired) electrons. The molecule has 0 bridgehead atoms. The van der Waals surface area contributed by atoms with E-state index < -0.39 is 15.9 Å². The first-order chi connectivity index (χ1) is 10.5. The number of hydrogen-bond donors (Lipinski definition) is 1. The van der Waals surface area contributed by atoms with Crippen molar-refractivity contribution in [3.8, 4) is 6.07 Å². The predicted molar refractivity (Wildman–Crippen MR) is 82.6 cm³/mol. The van der Waals surface area contributed by atoms with Gasteiger partial charge in [0.2, 0.25) is 10.0 Å². The number of nitrogens with zero attached hydrogens (tertiary/aromatic N) is 1. The van der Waals surface area contributed by atoms with Crippen LogP contribution in [0.1, 0.15) is 21.5 Å². The Kier molecular flexibility index (Phi) is 4.92. The topological polar surface area (TPSA) is 87.0 Å². The van der Waals surface area contributed by atoms with Gasteiger partial charge in [-0.05, 0) is 36.2 Å². The van der Waals surface area contributed by atoms with Crippen LogP contribution in [0, 0.1) is 11.3 Å². The lowest BCUT2D eigenvalue weighted by atomic mass is 10.1. The van der Waals surface area contributed by atoms with Crippen LogP contribution in [0.2, 0.25) is 0 Å². The Labute approximate surface area is 129 Å². The molecule has 0 unspecified atom stereocenters. The summed E-state index contributed by atoms with van der Waals surface area (Å²) in [6.45, 7) is 0. The summed E-state index contributed by atoms with van der Waals surface area (Å²) >= 11 is 0. The summed E-state index contributed by atoms with van der Waals surface area (Å²) in [6.07, 6.45) is 0.330. The van der Waals surface area contributed by atoms with Gasteiger partial charge >= 0.3 is 0 Å². The van der Waals surface area contributed by atoms with Gasteiger partial charge in [0.05, 0.1) is 17.4 Å². The number of amides is 1. The maximum absolute atomic E-state index is 11.9. The van der Waals surface area contributed by atoms with Gasteiger partial charge in [0.15, 0.2) is 0 Å². The molecule has 2 aromatic rings. The van der Waals surface area contributed by atoms with E-state index in [1.54, 1.807) is 0 Å². The van der Waals surface area contributed by atoms with Crippen molar-refractivity contribution in [2.45, 2.75) is 6.42 Å². The summed E-state index contributed by atoms with van der Waals surface area (Å²) in [6, 6.07) is 16.9. The summed E-state index contributed by atoms with van der Waals surface area (Å²) in [5.41, 5.74) is 1.49. The third-order valence-electron chi connectivity index (χ3n) is 3.03. The Morgan fingerprint density at radius 3 is 2.27 bits per heavy atom. The minimum atomic E-state index is -3.71. The molecule has 0 saturated heterocycles. The van der Waals surface area contributed by atoms with Crippen LogP contribution in [0.15, 0.2) is 54.6 Å². The van der Waals surface area contributed by atoms with Crippen LogP contribution < -0.4 is 4.72 Å². The number of sulfonamides is 1. The van der Waals surface area contributed by atoms with Gasteiger partial charge in [-0.3, -0.25) is 4.79 Å².